The molecule has 1 aromatic carbocycles. The SMILES string of the molecule is c1ccc2sc(COCC3CCNCC3)nc2c1. The van der Waals surface area contributed by atoms with Crippen molar-refractivity contribution in [3.63, 3.8) is 0 Å². The molecule has 3 nitrogen and oxygen atoms in total. The lowest BCUT2D eigenvalue weighted by Crippen LogP contribution is -2.29. The minimum absolute atomic E-state index is 0.656. The maximum absolute atomic E-state index is 5.81. The van der Waals surface area contributed by atoms with Crippen molar-refractivity contribution in [1.29, 1.82) is 0 Å². The van der Waals surface area contributed by atoms with E-state index in [9.17, 15) is 0 Å². The first-order valence-corrected chi connectivity index (χ1v) is 7.36. The van der Waals surface area contributed by atoms with Crippen molar-refractivity contribution < 1.29 is 4.74 Å². The second-order valence-electron chi connectivity index (χ2n) is 4.78. The molecular weight excluding hydrogens is 244 g/mol. The highest BCUT2D eigenvalue weighted by molar-refractivity contribution is 7.18. The number of thiazole rings is 1. The molecule has 0 radical (unpaired) electrons. The maximum Gasteiger partial charge on any atom is 0.120 e. The van der Waals surface area contributed by atoms with Gasteiger partial charge in [-0.2, -0.15) is 0 Å². The molecular formula is C14H18N2OS. The van der Waals surface area contributed by atoms with E-state index in [0.29, 0.717) is 6.61 Å². The van der Waals surface area contributed by atoms with E-state index < -0.39 is 0 Å². The van der Waals surface area contributed by atoms with E-state index in [2.05, 4.69) is 28.5 Å². The molecule has 1 fully saturated rings. The van der Waals surface area contributed by atoms with Crippen LogP contribution in [0.4, 0.5) is 0 Å². The molecule has 0 spiro atoms. The summed E-state index contributed by atoms with van der Waals surface area (Å²) < 4.78 is 7.06. The number of rotatable bonds is 4. The van der Waals surface area contributed by atoms with E-state index in [-0.39, 0.29) is 0 Å². The Kier molecular flexibility index (Phi) is 3.88. The topological polar surface area (TPSA) is 34.1 Å². The predicted octanol–water partition coefficient (Wildman–Crippen LogP) is 2.81. The lowest BCUT2D eigenvalue weighted by Gasteiger charge is -2.21. The summed E-state index contributed by atoms with van der Waals surface area (Å²) in [6, 6.07) is 8.26. The number of hydrogen-bond acceptors (Lipinski definition) is 4. The Hall–Kier alpha value is -0.970. The van der Waals surface area contributed by atoms with Gasteiger partial charge in [0, 0.05) is 0 Å². The molecule has 3 rings (SSSR count). The van der Waals surface area contributed by atoms with Gasteiger partial charge in [0.1, 0.15) is 5.01 Å². The van der Waals surface area contributed by atoms with Crippen LogP contribution in [0, 0.1) is 5.92 Å². The molecule has 96 valence electrons. The van der Waals surface area contributed by atoms with Crippen LogP contribution < -0.4 is 5.32 Å². The van der Waals surface area contributed by atoms with E-state index in [0.717, 1.165) is 36.1 Å². The molecule has 0 aliphatic carbocycles. The van der Waals surface area contributed by atoms with Crippen molar-refractivity contribution in [1.82, 2.24) is 10.3 Å². The van der Waals surface area contributed by atoms with Crippen LogP contribution in [0.3, 0.4) is 0 Å². The first-order valence-electron chi connectivity index (χ1n) is 6.55. The Morgan fingerprint density at radius 2 is 2.11 bits per heavy atom. The fraction of sp³-hybridized carbons (Fsp3) is 0.500. The number of nitrogens with zero attached hydrogens (tertiary/aromatic N) is 1. The van der Waals surface area contributed by atoms with Crippen molar-refractivity contribution >= 4 is 21.6 Å². The van der Waals surface area contributed by atoms with Gasteiger partial charge in [-0.3, -0.25) is 0 Å². The van der Waals surface area contributed by atoms with Crippen molar-refractivity contribution in [2.24, 2.45) is 5.92 Å². The first-order chi connectivity index (χ1) is 8.92. The first kappa shape index (κ1) is 12.1. The van der Waals surface area contributed by atoms with Gasteiger partial charge in [-0.25, -0.2) is 4.98 Å². The zero-order valence-electron chi connectivity index (χ0n) is 10.4. The van der Waals surface area contributed by atoms with Crippen molar-refractivity contribution in [2.75, 3.05) is 19.7 Å². The minimum atomic E-state index is 0.656. The third-order valence-corrected chi connectivity index (χ3v) is 4.39. The number of hydrogen-bond donors (Lipinski definition) is 1. The number of para-hydroxylation sites is 1. The van der Waals surface area contributed by atoms with E-state index in [4.69, 9.17) is 4.74 Å². The number of piperidine rings is 1. The van der Waals surface area contributed by atoms with Crippen LogP contribution in [0.15, 0.2) is 24.3 Å². The summed E-state index contributed by atoms with van der Waals surface area (Å²) >= 11 is 1.74. The molecule has 1 saturated heterocycles. The number of aromatic nitrogens is 1. The molecule has 0 saturated carbocycles. The Morgan fingerprint density at radius 3 is 2.94 bits per heavy atom. The van der Waals surface area contributed by atoms with Crippen molar-refractivity contribution in [2.45, 2.75) is 19.4 Å². The highest BCUT2D eigenvalue weighted by atomic mass is 32.1. The largest absolute Gasteiger partial charge is 0.374 e. The average Bonchev–Trinajstić information content (AvgIpc) is 2.82. The Balaban J connectivity index is 1.53. The van der Waals surface area contributed by atoms with Gasteiger partial charge < -0.3 is 10.1 Å². The summed E-state index contributed by atoms with van der Waals surface area (Å²) in [5.41, 5.74) is 1.09. The Labute approximate surface area is 111 Å². The van der Waals surface area contributed by atoms with Gasteiger partial charge in [-0.05, 0) is 44.0 Å². The minimum Gasteiger partial charge on any atom is -0.374 e. The molecule has 1 aliphatic heterocycles. The van der Waals surface area contributed by atoms with Gasteiger partial charge in [0.15, 0.2) is 0 Å². The molecule has 0 amide bonds. The standard InChI is InChI=1S/C14H18N2OS/c1-2-4-13-12(3-1)16-14(18-13)10-17-9-11-5-7-15-8-6-11/h1-4,11,15H,5-10H2. The third-order valence-electron chi connectivity index (χ3n) is 3.38. The second kappa shape index (κ2) is 5.78. The zero-order chi connectivity index (χ0) is 12.2. The normalized spacial score (nSPS) is 17.3. The van der Waals surface area contributed by atoms with E-state index in [1.807, 2.05) is 6.07 Å². The lowest BCUT2D eigenvalue weighted by molar-refractivity contribution is 0.0763. The Bertz CT molecular complexity index is 472. The fourth-order valence-corrected chi connectivity index (χ4v) is 3.25. The van der Waals surface area contributed by atoms with E-state index in [1.54, 1.807) is 11.3 Å². The van der Waals surface area contributed by atoms with Crippen LogP contribution >= 0.6 is 11.3 Å². The highest BCUT2D eigenvalue weighted by Gasteiger charge is 2.13. The monoisotopic (exact) mass is 262 g/mol. The predicted molar refractivity (Wildman–Crippen MR) is 74.9 cm³/mol. The summed E-state index contributed by atoms with van der Waals surface area (Å²) in [4.78, 5) is 4.58. The van der Waals surface area contributed by atoms with E-state index in [1.165, 1.54) is 17.5 Å². The Morgan fingerprint density at radius 1 is 1.28 bits per heavy atom. The van der Waals surface area contributed by atoms with Crippen LogP contribution in [0.1, 0.15) is 17.8 Å². The summed E-state index contributed by atoms with van der Waals surface area (Å²) in [6.07, 6.45) is 2.47. The van der Waals surface area contributed by atoms with Crippen LogP contribution in [-0.4, -0.2) is 24.7 Å². The number of fused-ring (bicyclic) bond motifs is 1. The number of benzene rings is 1. The smallest absolute Gasteiger partial charge is 0.120 e. The van der Waals surface area contributed by atoms with Gasteiger partial charge in [-0.15, -0.1) is 11.3 Å². The second-order valence-corrected chi connectivity index (χ2v) is 5.90. The van der Waals surface area contributed by atoms with Gasteiger partial charge in [0.25, 0.3) is 0 Å². The molecule has 1 aliphatic rings. The molecule has 4 heteroatoms. The number of nitrogens with one attached hydrogen (secondary N) is 1. The maximum atomic E-state index is 5.81. The lowest BCUT2D eigenvalue weighted by atomic mass is 9.99. The third kappa shape index (κ3) is 2.88. The van der Waals surface area contributed by atoms with Crippen LogP contribution in [0.25, 0.3) is 10.2 Å². The summed E-state index contributed by atoms with van der Waals surface area (Å²) in [5, 5.41) is 4.46. The molecule has 2 heterocycles. The van der Waals surface area contributed by atoms with Crippen LogP contribution in [0.2, 0.25) is 0 Å². The van der Waals surface area contributed by atoms with Gasteiger partial charge in [0.2, 0.25) is 0 Å². The van der Waals surface area contributed by atoms with Gasteiger partial charge in [-0.1, -0.05) is 12.1 Å². The van der Waals surface area contributed by atoms with Crippen LogP contribution in [-0.2, 0) is 11.3 Å². The highest BCUT2D eigenvalue weighted by Crippen LogP contribution is 2.22. The zero-order valence-corrected chi connectivity index (χ0v) is 11.2. The molecule has 2 aromatic rings. The molecule has 1 N–H and O–H groups in total. The van der Waals surface area contributed by atoms with Crippen molar-refractivity contribution in [3.8, 4) is 0 Å². The quantitative estimate of drug-likeness (QED) is 0.920. The molecule has 0 bridgehead atoms. The number of ether oxygens (including phenoxy) is 1. The summed E-state index contributed by atoms with van der Waals surface area (Å²) in [7, 11) is 0. The average molecular weight is 262 g/mol. The molecule has 0 atom stereocenters. The van der Waals surface area contributed by atoms with Crippen molar-refractivity contribution in [3.05, 3.63) is 29.3 Å². The molecule has 1 aromatic heterocycles. The summed E-state index contributed by atoms with van der Waals surface area (Å²) in [6.45, 7) is 3.80. The summed E-state index contributed by atoms with van der Waals surface area (Å²) in [5.74, 6) is 0.723. The molecule has 0 unspecified atom stereocenters. The van der Waals surface area contributed by atoms with E-state index >= 15 is 0 Å². The van der Waals surface area contributed by atoms with Gasteiger partial charge >= 0.3 is 0 Å². The van der Waals surface area contributed by atoms with Gasteiger partial charge in [0.05, 0.1) is 23.4 Å². The molecule has 18 heavy (non-hydrogen) atoms. The fourth-order valence-electron chi connectivity index (χ4n) is 2.34. The van der Waals surface area contributed by atoms with Crippen LogP contribution in [0.5, 0.6) is 0 Å².